The van der Waals surface area contributed by atoms with Crippen molar-refractivity contribution in [2.75, 3.05) is 0 Å². The lowest BCUT2D eigenvalue weighted by atomic mass is 10.00. The van der Waals surface area contributed by atoms with E-state index in [0.717, 1.165) is 17.2 Å². The first-order valence-electron chi connectivity index (χ1n) is 9.39. The van der Waals surface area contributed by atoms with Crippen LogP contribution < -0.4 is 4.74 Å². The van der Waals surface area contributed by atoms with Gasteiger partial charge >= 0.3 is 5.97 Å². The van der Waals surface area contributed by atoms with E-state index < -0.39 is 17.7 Å². The number of aryl methyl sites for hydroxylation is 2. The third-order valence-electron chi connectivity index (χ3n) is 4.91. The molecular formula is C22H20FN3O4. The third kappa shape index (κ3) is 4.03. The van der Waals surface area contributed by atoms with Gasteiger partial charge in [-0.2, -0.15) is 0 Å². The van der Waals surface area contributed by atoms with Gasteiger partial charge in [0.05, 0.1) is 28.9 Å². The Hall–Kier alpha value is -3.68. The highest BCUT2D eigenvalue weighted by Crippen LogP contribution is 2.28. The number of nitrogens with zero attached hydrogens (tertiary/aromatic N) is 3. The molecule has 0 amide bonds. The lowest BCUT2D eigenvalue weighted by Gasteiger charge is -2.16. The maximum atomic E-state index is 13.2. The van der Waals surface area contributed by atoms with Gasteiger partial charge in [0.1, 0.15) is 24.0 Å². The lowest BCUT2D eigenvalue weighted by molar-refractivity contribution is -0.140. The third-order valence-corrected chi connectivity index (χ3v) is 4.91. The fourth-order valence-corrected chi connectivity index (χ4v) is 3.24. The van der Waals surface area contributed by atoms with Crippen LogP contribution in [0.2, 0.25) is 0 Å². The van der Waals surface area contributed by atoms with Crippen molar-refractivity contribution in [2.24, 2.45) is 13.0 Å². The van der Waals surface area contributed by atoms with Gasteiger partial charge in [0.25, 0.3) is 0 Å². The van der Waals surface area contributed by atoms with Crippen LogP contribution in [-0.4, -0.2) is 25.6 Å². The number of aliphatic carboxylic acids is 1. The molecule has 1 aliphatic carbocycles. The molecular weight excluding hydrogens is 389 g/mol. The second kappa shape index (κ2) is 7.98. The van der Waals surface area contributed by atoms with Crippen molar-refractivity contribution in [3.05, 3.63) is 71.7 Å². The van der Waals surface area contributed by atoms with Crippen molar-refractivity contribution in [1.29, 1.82) is 0 Å². The summed E-state index contributed by atoms with van der Waals surface area (Å²) in [4.78, 5) is 19.7. The molecule has 0 saturated heterocycles. The molecule has 2 aromatic heterocycles. The smallest absolute Gasteiger partial charge is 0.310 e. The number of aromatic nitrogens is 3. The molecule has 4 rings (SSSR count). The maximum absolute atomic E-state index is 13.2. The van der Waals surface area contributed by atoms with Gasteiger partial charge in [0, 0.05) is 25.1 Å². The normalized spacial score (nSPS) is 15.8. The fraction of sp³-hybridized carbons (Fsp3) is 0.227. The molecule has 1 aromatic carbocycles. The molecule has 30 heavy (non-hydrogen) atoms. The van der Waals surface area contributed by atoms with Crippen molar-refractivity contribution in [2.45, 2.75) is 20.0 Å². The van der Waals surface area contributed by atoms with E-state index in [1.807, 2.05) is 23.7 Å². The number of benzene rings is 1. The number of pyridine rings is 1. The highest BCUT2D eigenvalue weighted by molar-refractivity contribution is 5.78. The number of fused-ring (bicyclic) bond motifs is 1. The fourth-order valence-electron chi connectivity index (χ4n) is 3.24. The zero-order valence-electron chi connectivity index (χ0n) is 16.5. The summed E-state index contributed by atoms with van der Waals surface area (Å²) in [7, 11) is 1.87. The van der Waals surface area contributed by atoms with Crippen LogP contribution in [0.1, 0.15) is 17.8 Å². The van der Waals surface area contributed by atoms with Gasteiger partial charge in [-0.1, -0.05) is 12.2 Å². The number of imidazole rings is 1. The van der Waals surface area contributed by atoms with Crippen LogP contribution in [0.3, 0.4) is 0 Å². The monoisotopic (exact) mass is 409 g/mol. The highest BCUT2D eigenvalue weighted by atomic mass is 19.1. The Balaban J connectivity index is 1.51. The molecule has 1 atom stereocenters. The average molecular weight is 409 g/mol. The summed E-state index contributed by atoms with van der Waals surface area (Å²) in [6.45, 7) is 1.94. The molecule has 1 N–H and O–H groups in total. The minimum Gasteiger partial charge on any atom is -0.490 e. The largest absolute Gasteiger partial charge is 0.490 e. The number of carboxylic acids is 1. The number of rotatable bonds is 6. The molecule has 154 valence electrons. The number of hydrogen-bond acceptors (Lipinski definition) is 5. The van der Waals surface area contributed by atoms with Crippen LogP contribution in [0.5, 0.6) is 11.6 Å². The molecule has 1 aliphatic rings. The quantitative estimate of drug-likeness (QED) is 0.654. The van der Waals surface area contributed by atoms with Gasteiger partial charge in [-0.25, -0.2) is 14.4 Å². The predicted molar refractivity (Wildman–Crippen MR) is 107 cm³/mol. The van der Waals surface area contributed by atoms with Crippen LogP contribution in [0.25, 0.3) is 11.0 Å². The number of carboxylic acid groups (broad SMARTS) is 1. The molecule has 2 heterocycles. The second-order valence-electron chi connectivity index (χ2n) is 7.07. The Labute approximate surface area is 172 Å². The number of carbonyl (C=O) groups is 1. The Bertz CT molecular complexity index is 1180. The Morgan fingerprint density at radius 2 is 2.20 bits per heavy atom. The zero-order valence-corrected chi connectivity index (χ0v) is 16.5. The second-order valence-corrected chi connectivity index (χ2v) is 7.07. The van der Waals surface area contributed by atoms with Gasteiger partial charge in [-0.3, -0.25) is 4.79 Å². The topological polar surface area (TPSA) is 86.5 Å². The molecule has 8 heteroatoms. The summed E-state index contributed by atoms with van der Waals surface area (Å²) >= 11 is 0. The summed E-state index contributed by atoms with van der Waals surface area (Å²) in [5.74, 6) is 0.343. The van der Waals surface area contributed by atoms with Crippen molar-refractivity contribution in [1.82, 2.24) is 14.5 Å². The molecule has 7 nitrogen and oxygen atoms in total. The summed E-state index contributed by atoms with van der Waals surface area (Å²) in [5, 5.41) is 9.16. The first-order chi connectivity index (χ1) is 14.4. The van der Waals surface area contributed by atoms with Crippen molar-refractivity contribution in [3.8, 4) is 11.6 Å². The summed E-state index contributed by atoms with van der Waals surface area (Å²) in [6.07, 6.45) is 6.54. The molecule has 0 saturated carbocycles. The van der Waals surface area contributed by atoms with Crippen LogP contribution in [0.4, 0.5) is 4.39 Å². The molecule has 0 fully saturated rings. The van der Waals surface area contributed by atoms with E-state index in [0.29, 0.717) is 35.2 Å². The summed E-state index contributed by atoms with van der Waals surface area (Å²) < 4.78 is 26.7. The zero-order chi connectivity index (χ0) is 21.3. The van der Waals surface area contributed by atoms with Crippen LogP contribution in [0.15, 0.2) is 54.4 Å². The summed E-state index contributed by atoms with van der Waals surface area (Å²) in [6, 6.07) is 6.80. The highest BCUT2D eigenvalue weighted by Gasteiger charge is 2.20. The van der Waals surface area contributed by atoms with Crippen molar-refractivity contribution >= 4 is 17.0 Å². The number of allylic oxidation sites excluding steroid dienone is 3. The minimum absolute atomic E-state index is 0.214. The van der Waals surface area contributed by atoms with Crippen LogP contribution in [-0.2, 0) is 23.2 Å². The average Bonchev–Trinajstić information content (AvgIpc) is 3.04. The molecule has 0 bridgehead atoms. The van der Waals surface area contributed by atoms with E-state index in [-0.39, 0.29) is 6.61 Å². The standard InChI is InChI=1S/C22H20FN3O4/c1-13-8-15(23)11-24-21(13)30-17-6-7-18-19(10-17)26(2)20(25-18)12-29-16-5-3-4-14(9-16)22(27)28/h3-8,10-11,14H,9,12H2,1-2H3,(H,27,28). The van der Waals surface area contributed by atoms with Gasteiger partial charge in [-0.15, -0.1) is 0 Å². The van der Waals surface area contributed by atoms with E-state index in [1.54, 1.807) is 31.2 Å². The Kier molecular flexibility index (Phi) is 5.22. The Morgan fingerprint density at radius 3 is 2.97 bits per heavy atom. The maximum Gasteiger partial charge on any atom is 0.310 e. The number of hydrogen-bond donors (Lipinski definition) is 1. The van der Waals surface area contributed by atoms with E-state index in [4.69, 9.17) is 14.6 Å². The minimum atomic E-state index is -0.874. The van der Waals surface area contributed by atoms with E-state index in [1.165, 1.54) is 6.07 Å². The van der Waals surface area contributed by atoms with Crippen LogP contribution >= 0.6 is 0 Å². The molecule has 0 spiro atoms. The molecule has 1 unspecified atom stereocenters. The van der Waals surface area contributed by atoms with E-state index >= 15 is 0 Å². The molecule has 0 radical (unpaired) electrons. The first-order valence-corrected chi connectivity index (χ1v) is 9.39. The molecule has 0 aliphatic heterocycles. The van der Waals surface area contributed by atoms with Gasteiger partial charge in [0.2, 0.25) is 5.88 Å². The number of halogens is 1. The van der Waals surface area contributed by atoms with Crippen LogP contribution in [0, 0.1) is 18.7 Å². The first kappa shape index (κ1) is 19.6. The SMILES string of the molecule is Cc1cc(F)cnc1Oc1ccc2nc(COC3=CC=CC(C(=O)O)C3)n(C)c2c1. The van der Waals surface area contributed by atoms with E-state index in [9.17, 15) is 9.18 Å². The summed E-state index contributed by atoms with van der Waals surface area (Å²) in [5.41, 5.74) is 2.21. The predicted octanol–water partition coefficient (Wildman–Crippen LogP) is 4.27. The Morgan fingerprint density at radius 1 is 1.37 bits per heavy atom. The van der Waals surface area contributed by atoms with Gasteiger partial charge in [0.15, 0.2) is 0 Å². The van der Waals surface area contributed by atoms with Gasteiger partial charge in [-0.05, 0) is 31.2 Å². The number of ether oxygens (including phenoxy) is 2. The van der Waals surface area contributed by atoms with Crippen molar-refractivity contribution in [3.63, 3.8) is 0 Å². The lowest BCUT2D eigenvalue weighted by Crippen LogP contribution is -2.15. The van der Waals surface area contributed by atoms with E-state index in [2.05, 4.69) is 9.97 Å². The van der Waals surface area contributed by atoms with Crippen molar-refractivity contribution < 1.29 is 23.8 Å². The molecule has 3 aromatic rings. The van der Waals surface area contributed by atoms with Gasteiger partial charge < -0.3 is 19.1 Å².